The van der Waals surface area contributed by atoms with Crippen LogP contribution < -0.4 is 5.69 Å². The Bertz CT molecular complexity index is 644. The maximum absolute atomic E-state index is 11.9. The van der Waals surface area contributed by atoms with Crippen molar-refractivity contribution in [3.05, 3.63) is 31.8 Å². The molecule has 0 aromatic carbocycles. The van der Waals surface area contributed by atoms with E-state index < -0.39 is 0 Å². The van der Waals surface area contributed by atoms with Crippen LogP contribution in [-0.4, -0.2) is 26.3 Å². The van der Waals surface area contributed by atoms with Gasteiger partial charge in [0.05, 0.1) is 15.0 Å². The first-order chi connectivity index (χ1) is 8.99. The van der Waals surface area contributed by atoms with Crippen molar-refractivity contribution in [2.24, 2.45) is 0 Å². The third-order valence-electron chi connectivity index (χ3n) is 2.37. The van der Waals surface area contributed by atoms with E-state index in [1.54, 1.807) is 12.1 Å². The SMILES string of the molecule is CC(C)n1c(SCC(=O)c2ccc(Cl)s2)n[nH]c1=O. The number of nitrogens with zero attached hydrogens (tertiary/aromatic N) is 2. The predicted molar refractivity (Wildman–Crippen MR) is 77.6 cm³/mol. The Morgan fingerprint density at radius 2 is 2.32 bits per heavy atom. The number of aromatic amines is 1. The third-order valence-corrected chi connectivity index (χ3v) is 4.59. The molecule has 0 spiro atoms. The quantitative estimate of drug-likeness (QED) is 0.680. The Kier molecular flexibility index (Phi) is 4.49. The number of carbonyl (C=O) groups is 1. The molecule has 0 amide bonds. The van der Waals surface area contributed by atoms with Gasteiger partial charge >= 0.3 is 5.69 Å². The zero-order valence-electron chi connectivity index (χ0n) is 10.3. The Balaban J connectivity index is 2.07. The Labute approximate surface area is 123 Å². The summed E-state index contributed by atoms with van der Waals surface area (Å²) in [4.78, 5) is 24.1. The molecule has 0 radical (unpaired) electrons. The molecular weight excluding hydrogens is 306 g/mol. The van der Waals surface area contributed by atoms with Gasteiger partial charge in [0, 0.05) is 6.04 Å². The van der Waals surface area contributed by atoms with Crippen molar-refractivity contribution < 1.29 is 4.79 Å². The van der Waals surface area contributed by atoms with Gasteiger partial charge in [-0.3, -0.25) is 9.36 Å². The number of carbonyl (C=O) groups excluding carboxylic acids is 1. The molecule has 1 N–H and O–H groups in total. The second-order valence-corrected chi connectivity index (χ2v) is 6.75. The second kappa shape index (κ2) is 5.94. The molecule has 19 heavy (non-hydrogen) atoms. The lowest BCUT2D eigenvalue weighted by atomic mass is 10.4. The average molecular weight is 318 g/mol. The first-order valence-electron chi connectivity index (χ1n) is 5.57. The number of H-pyrrole nitrogens is 1. The molecule has 2 aromatic heterocycles. The summed E-state index contributed by atoms with van der Waals surface area (Å²) in [5, 5.41) is 6.84. The summed E-state index contributed by atoms with van der Waals surface area (Å²) < 4.78 is 2.12. The van der Waals surface area contributed by atoms with Crippen molar-refractivity contribution in [2.45, 2.75) is 25.0 Å². The number of rotatable bonds is 5. The highest BCUT2D eigenvalue weighted by molar-refractivity contribution is 7.99. The van der Waals surface area contributed by atoms with E-state index in [1.165, 1.54) is 27.7 Å². The van der Waals surface area contributed by atoms with Crippen LogP contribution in [0.1, 0.15) is 29.6 Å². The number of aromatic nitrogens is 3. The van der Waals surface area contributed by atoms with E-state index in [1.807, 2.05) is 13.8 Å². The van der Waals surface area contributed by atoms with Crippen LogP contribution in [0, 0.1) is 0 Å². The fourth-order valence-corrected chi connectivity index (χ4v) is 3.54. The summed E-state index contributed by atoms with van der Waals surface area (Å²) in [6, 6.07) is 3.40. The van der Waals surface area contributed by atoms with E-state index in [0.717, 1.165) is 0 Å². The first-order valence-corrected chi connectivity index (χ1v) is 7.75. The second-order valence-electron chi connectivity index (χ2n) is 4.09. The third kappa shape index (κ3) is 3.29. The van der Waals surface area contributed by atoms with E-state index >= 15 is 0 Å². The molecule has 2 rings (SSSR count). The largest absolute Gasteiger partial charge is 0.344 e. The van der Waals surface area contributed by atoms with Crippen LogP contribution in [-0.2, 0) is 0 Å². The highest BCUT2D eigenvalue weighted by atomic mass is 35.5. The molecule has 2 aromatic rings. The lowest BCUT2D eigenvalue weighted by Crippen LogP contribution is -2.19. The van der Waals surface area contributed by atoms with Crippen LogP contribution in [0.2, 0.25) is 4.34 Å². The molecule has 0 unspecified atom stereocenters. The molecule has 0 aliphatic rings. The van der Waals surface area contributed by atoms with Crippen LogP contribution >= 0.6 is 34.7 Å². The number of ketones is 1. The predicted octanol–water partition coefficient (Wildman–Crippen LogP) is 2.84. The van der Waals surface area contributed by atoms with Gasteiger partial charge in [-0.15, -0.1) is 16.4 Å². The van der Waals surface area contributed by atoms with Crippen LogP contribution in [0.4, 0.5) is 0 Å². The fourth-order valence-electron chi connectivity index (χ4n) is 1.51. The number of thiophene rings is 1. The lowest BCUT2D eigenvalue weighted by molar-refractivity contribution is 0.102. The fraction of sp³-hybridized carbons (Fsp3) is 0.364. The molecular formula is C11H12ClN3O2S2. The average Bonchev–Trinajstić information content (AvgIpc) is 2.92. The number of nitrogens with one attached hydrogen (secondary N) is 1. The van der Waals surface area contributed by atoms with E-state index in [0.29, 0.717) is 14.4 Å². The van der Waals surface area contributed by atoms with Gasteiger partial charge in [-0.1, -0.05) is 23.4 Å². The van der Waals surface area contributed by atoms with Gasteiger partial charge in [-0.05, 0) is 26.0 Å². The van der Waals surface area contributed by atoms with Crippen molar-refractivity contribution in [1.82, 2.24) is 14.8 Å². The van der Waals surface area contributed by atoms with Crippen molar-refractivity contribution in [3.8, 4) is 0 Å². The minimum Gasteiger partial charge on any atom is -0.292 e. The molecule has 0 aliphatic heterocycles. The molecule has 5 nitrogen and oxygen atoms in total. The van der Waals surface area contributed by atoms with Gasteiger partial charge in [0.25, 0.3) is 0 Å². The Hall–Kier alpha value is -1.05. The van der Waals surface area contributed by atoms with E-state index in [2.05, 4.69) is 10.2 Å². The highest BCUT2D eigenvalue weighted by Gasteiger charge is 2.15. The first kappa shape index (κ1) is 14.4. The van der Waals surface area contributed by atoms with Crippen LogP contribution in [0.15, 0.2) is 22.1 Å². The van der Waals surface area contributed by atoms with E-state index in [4.69, 9.17) is 11.6 Å². The molecule has 2 heterocycles. The molecule has 0 fully saturated rings. The standard InChI is InChI=1S/C11H12ClN3O2S2/c1-6(2)15-10(17)13-14-11(15)18-5-7(16)8-3-4-9(12)19-8/h3-4,6H,5H2,1-2H3,(H,13,17). The van der Waals surface area contributed by atoms with Crippen molar-refractivity contribution in [2.75, 3.05) is 5.75 Å². The van der Waals surface area contributed by atoms with Crippen LogP contribution in [0.25, 0.3) is 0 Å². The molecule has 0 bridgehead atoms. The topological polar surface area (TPSA) is 67.8 Å². The number of halogens is 1. The van der Waals surface area contributed by atoms with Gasteiger partial charge in [0.15, 0.2) is 10.9 Å². The molecule has 0 saturated carbocycles. The van der Waals surface area contributed by atoms with Gasteiger partial charge < -0.3 is 0 Å². The smallest absolute Gasteiger partial charge is 0.292 e. The zero-order valence-corrected chi connectivity index (χ0v) is 12.7. The lowest BCUT2D eigenvalue weighted by Gasteiger charge is -2.07. The van der Waals surface area contributed by atoms with Gasteiger partial charge in [0.2, 0.25) is 0 Å². The van der Waals surface area contributed by atoms with Crippen molar-refractivity contribution in [3.63, 3.8) is 0 Å². The number of hydrogen-bond acceptors (Lipinski definition) is 5. The maximum Gasteiger partial charge on any atom is 0.344 e. The highest BCUT2D eigenvalue weighted by Crippen LogP contribution is 2.24. The van der Waals surface area contributed by atoms with Crippen LogP contribution in [0.3, 0.4) is 0 Å². The van der Waals surface area contributed by atoms with Crippen LogP contribution in [0.5, 0.6) is 0 Å². The zero-order chi connectivity index (χ0) is 14.0. The summed E-state index contributed by atoms with van der Waals surface area (Å²) in [6.07, 6.45) is 0. The minimum absolute atomic E-state index is 0.0000317. The van der Waals surface area contributed by atoms with Gasteiger partial charge in [-0.25, -0.2) is 9.89 Å². The minimum atomic E-state index is -0.260. The van der Waals surface area contributed by atoms with Crippen molar-refractivity contribution in [1.29, 1.82) is 0 Å². The molecule has 102 valence electrons. The van der Waals surface area contributed by atoms with Crippen molar-refractivity contribution >= 4 is 40.5 Å². The number of Topliss-reactive ketones (excluding diaryl/α,β-unsaturated/α-hetero) is 1. The van der Waals surface area contributed by atoms with Gasteiger partial charge in [-0.2, -0.15) is 0 Å². The Morgan fingerprint density at radius 3 is 2.89 bits per heavy atom. The maximum atomic E-state index is 11.9. The molecule has 0 saturated heterocycles. The number of thioether (sulfide) groups is 1. The summed E-state index contributed by atoms with van der Waals surface area (Å²) in [5.74, 6) is 0.209. The Morgan fingerprint density at radius 1 is 1.58 bits per heavy atom. The van der Waals surface area contributed by atoms with Gasteiger partial charge in [0.1, 0.15) is 0 Å². The molecule has 0 aliphatic carbocycles. The van der Waals surface area contributed by atoms with E-state index in [9.17, 15) is 9.59 Å². The monoisotopic (exact) mass is 317 g/mol. The molecule has 8 heteroatoms. The number of hydrogen-bond donors (Lipinski definition) is 1. The molecule has 0 atom stereocenters. The summed E-state index contributed by atoms with van der Waals surface area (Å²) in [7, 11) is 0. The summed E-state index contributed by atoms with van der Waals surface area (Å²) >= 11 is 8.28. The normalized spacial score (nSPS) is 11.2. The van der Waals surface area contributed by atoms with E-state index in [-0.39, 0.29) is 23.3 Å². The summed E-state index contributed by atoms with van der Waals surface area (Å²) in [6.45, 7) is 3.78. The summed E-state index contributed by atoms with van der Waals surface area (Å²) in [5.41, 5.74) is -0.260.